The summed E-state index contributed by atoms with van der Waals surface area (Å²) in [5.74, 6) is 0.937. The van der Waals surface area contributed by atoms with E-state index in [9.17, 15) is 0 Å². The highest BCUT2D eigenvalue weighted by atomic mass is 79.9. The van der Waals surface area contributed by atoms with Crippen LogP contribution in [0.25, 0.3) is 0 Å². The van der Waals surface area contributed by atoms with Crippen LogP contribution in [-0.2, 0) is 12.3 Å². The number of benzene rings is 1. The van der Waals surface area contributed by atoms with Crippen molar-refractivity contribution < 1.29 is 0 Å². The third-order valence-corrected chi connectivity index (χ3v) is 5.65. The predicted molar refractivity (Wildman–Crippen MR) is 96.1 cm³/mol. The van der Waals surface area contributed by atoms with Gasteiger partial charge in [0.2, 0.25) is 0 Å². The third kappa shape index (κ3) is 4.32. The van der Waals surface area contributed by atoms with Crippen molar-refractivity contribution in [3.63, 3.8) is 0 Å². The maximum absolute atomic E-state index is 4.59. The van der Waals surface area contributed by atoms with Gasteiger partial charge in [-0.25, -0.2) is 4.98 Å². The summed E-state index contributed by atoms with van der Waals surface area (Å²) in [6.07, 6.45) is 1.89. The first-order valence-corrected chi connectivity index (χ1v) is 9.34. The fourth-order valence-corrected chi connectivity index (χ4v) is 4.15. The highest BCUT2D eigenvalue weighted by molar-refractivity contribution is 9.10. The molecule has 0 unspecified atom stereocenters. The van der Waals surface area contributed by atoms with Gasteiger partial charge in [-0.3, -0.25) is 4.90 Å². The number of aromatic nitrogens is 1. The van der Waals surface area contributed by atoms with Crippen molar-refractivity contribution in [3.05, 3.63) is 58.2 Å². The van der Waals surface area contributed by atoms with Gasteiger partial charge in [0, 0.05) is 49.1 Å². The Morgan fingerprint density at radius 2 is 1.86 bits per heavy atom. The zero-order chi connectivity index (χ0) is 15.2. The lowest BCUT2D eigenvalue weighted by molar-refractivity contribution is 0.231. The van der Waals surface area contributed by atoms with E-state index < -0.39 is 0 Å². The van der Waals surface area contributed by atoms with Gasteiger partial charge in [-0.2, -0.15) is 0 Å². The molecule has 2 aromatic rings. The molecule has 0 bridgehead atoms. The number of thioether (sulfide) groups is 1. The second-order valence-corrected chi connectivity index (χ2v) is 7.19. The van der Waals surface area contributed by atoms with Crippen molar-refractivity contribution in [3.8, 4) is 0 Å². The molecule has 1 saturated heterocycles. The van der Waals surface area contributed by atoms with Crippen molar-refractivity contribution in [1.29, 1.82) is 0 Å². The van der Waals surface area contributed by atoms with Gasteiger partial charge in [0.1, 0.15) is 5.03 Å². The summed E-state index contributed by atoms with van der Waals surface area (Å²) >= 11 is 5.44. The molecule has 22 heavy (non-hydrogen) atoms. The van der Waals surface area contributed by atoms with Crippen LogP contribution < -0.4 is 5.32 Å². The summed E-state index contributed by atoms with van der Waals surface area (Å²) in [5, 5.41) is 4.55. The molecule has 3 rings (SSSR count). The predicted octanol–water partition coefficient (Wildman–Crippen LogP) is 3.54. The van der Waals surface area contributed by atoms with Crippen LogP contribution in [-0.4, -0.2) is 36.1 Å². The van der Waals surface area contributed by atoms with E-state index in [0.717, 1.165) is 43.5 Å². The van der Waals surface area contributed by atoms with E-state index in [1.54, 1.807) is 0 Å². The van der Waals surface area contributed by atoms with Crippen molar-refractivity contribution in [2.24, 2.45) is 0 Å². The Kier molecular flexibility index (Phi) is 5.89. The molecule has 1 aromatic heterocycles. The Labute approximate surface area is 144 Å². The van der Waals surface area contributed by atoms with Crippen LogP contribution >= 0.6 is 27.7 Å². The Hall–Kier alpha value is -0.880. The highest BCUT2D eigenvalue weighted by Crippen LogP contribution is 2.28. The van der Waals surface area contributed by atoms with Gasteiger partial charge in [-0.1, -0.05) is 40.2 Å². The van der Waals surface area contributed by atoms with E-state index in [1.807, 2.05) is 24.0 Å². The molecular formula is C17H20BrN3S. The Morgan fingerprint density at radius 1 is 1.09 bits per heavy atom. The molecule has 1 N–H and O–H groups in total. The molecule has 1 aliphatic heterocycles. The van der Waals surface area contributed by atoms with Crippen molar-refractivity contribution in [2.45, 2.75) is 17.3 Å². The summed E-state index contributed by atoms with van der Waals surface area (Å²) in [7, 11) is 0. The smallest absolute Gasteiger partial charge is 0.101 e. The quantitative estimate of drug-likeness (QED) is 0.806. The maximum Gasteiger partial charge on any atom is 0.101 e. The third-order valence-electron chi connectivity index (χ3n) is 3.78. The first-order valence-electron chi connectivity index (χ1n) is 7.56. The van der Waals surface area contributed by atoms with Crippen LogP contribution in [0.15, 0.2) is 52.1 Å². The van der Waals surface area contributed by atoms with Crippen LogP contribution in [0.2, 0.25) is 0 Å². The fraction of sp³-hybridized carbons (Fsp3) is 0.353. The summed E-state index contributed by atoms with van der Waals surface area (Å²) < 4.78 is 1.17. The molecule has 1 aliphatic rings. The van der Waals surface area contributed by atoms with E-state index in [0.29, 0.717) is 0 Å². The summed E-state index contributed by atoms with van der Waals surface area (Å²) in [6, 6.07) is 12.6. The number of rotatable bonds is 5. The second kappa shape index (κ2) is 8.11. The van der Waals surface area contributed by atoms with E-state index >= 15 is 0 Å². The highest BCUT2D eigenvalue weighted by Gasteiger charge is 2.13. The zero-order valence-electron chi connectivity index (χ0n) is 12.5. The number of pyridine rings is 1. The topological polar surface area (TPSA) is 28.2 Å². The van der Waals surface area contributed by atoms with Crippen molar-refractivity contribution >= 4 is 27.7 Å². The number of nitrogens with one attached hydrogen (secondary N) is 1. The van der Waals surface area contributed by atoms with Crippen LogP contribution in [0, 0.1) is 0 Å². The van der Waals surface area contributed by atoms with Gasteiger partial charge in [-0.15, -0.1) is 11.8 Å². The number of nitrogens with zero attached hydrogens (tertiary/aromatic N) is 2. The standard InChI is InChI=1S/C17H20BrN3S/c18-16-6-2-1-4-15(16)13-22-17-14(5-3-7-20-17)12-21-10-8-19-9-11-21/h1-7,19H,8-13H2. The number of hydrogen-bond acceptors (Lipinski definition) is 4. The Balaban J connectivity index is 1.67. The van der Waals surface area contributed by atoms with Gasteiger partial charge >= 0.3 is 0 Å². The summed E-state index contributed by atoms with van der Waals surface area (Å²) in [4.78, 5) is 7.09. The Morgan fingerprint density at radius 3 is 2.68 bits per heavy atom. The lowest BCUT2D eigenvalue weighted by atomic mass is 10.2. The molecule has 2 heterocycles. The van der Waals surface area contributed by atoms with E-state index in [1.165, 1.54) is 15.6 Å². The van der Waals surface area contributed by atoms with Gasteiger partial charge in [-0.05, 0) is 23.3 Å². The minimum Gasteiger partial charge on any atom is -0.314 e. The fourth-order valence-electron chi connectivity index (χ4n) is 2.55. The van der Waals surface area contributed by atoms with E-state index in [4.69, 9.17) is 0 Å². The van der Waals surface area contributed by atoms with Crippen LogP contribution in [0.5, 0.6) is 0 Å². The largest absolute Gasteiger partial charge is 0.314 e. The second-order valence-electron chi connectivity index (χ2n) is 5.37. The molecular weight excluding hydrogens is 358 g/mol. The monoisotopic (exact) mass is 377 g/mol. The normalized spacial score (nSPS) is 15.9. The first-order chi connectivity index (χ1) is 10.8. The summed E-state index contributed by atoms with van der Waals surface area (Å²) in [5.41, 5.74) is 2.65. The Bertz CT molecular complexity index is 614. The van der Waals surface area contributed by atoms with Gasteiger partial charge in [0.15, 0.2) is 0 Å². The lowest BCUT2D eigenvalue weighted by Gasteiger charge is -2.27. The number of hydrogen-bond donors (Lipinski definition) is 1. The minimum absolute atomic E-state index is 0.937. The molecule has 3 nitrogen and oxygen atoms in total. The van der Waals surface area contributed by atoms with Gasteiger partial charge < -0.3 is 5.32 Å². The number of piperazine rings is 1. The van der Waals surface area contributed by atoms with Crippen LogP contribution in [0.4, 0.5) is 0 Å². The first kappa shape index (κ1) is 16.0. The molecule has 1 fully saturated rings. The molecule has 0 radical (unpaired) electrons. The van der Waals surface area contributed by atoms with Gasteiger partial charge in [0.25, 0.3) is 0 Å². The zero-order valence-corrected chi connectivity index (χ0v) is 14.9. The summed E-state index contributed by atoms with van der Waals surface area (Å²) in [6.45, 7) is 5.39. The molecule has 0 aliphatic carbocycles. The SMILES string of the molecule is Brc1ccccc1CSc1ncccc1CN1CCNCC1. The average molecular weight is 378 g/mol. The average Bonchev–Trinajstić information content (AvgIpc) is 2.56. The molecule has 0 spiro atoms. The molecule has 0 amide bonds. The molecule has 1 aromatic carbocycles. The molecule has 116 valence electrons. The minimum atomic E-state index is 0.937. The number of halogens is 1. The van der Waals surface area contributed by atoms with Crippen molar-refractivity contribution in [1.82, 2.24) is 15.2 Å². The maximum atomic E-state index is 4.59. The van der Waals surface area contributed by atoms with E-state index in [2.05, 4.69) is 61.5 Å². The van der Waals surface area contributed by atoms with Crippen molar-refractivity contribution in [2.75, 3.05) is 26.2 Å². The molecule has 0 atom stereocenters. The molecule has 0 saturated carbocycles. The van der Waals surface area contributed by atoms with E-state index in [-0.39, 0.29) is 0 Å². The lowest BCUT2D eigenvalue weighted by Crippen LogP contribution is -2.42. The van der Waals surface area contributed by atoms with Gasteiger partial charge in [0.05, 0.1) is 0 Å². The van der Waals surface area contributed by atoms with Crippen LogP contribution in [0.3, 0.4) is 0 Å². The van der Waals surface area contributed by atoms with Crippen LogP contribution in [0.1, 0.15) is 11.1 Å². The molecule has 5 heteroatoms.